The van der Waals surface area contributed by atoms with Crippen molar-refractivity contribution in [1.82, 2.24) is 10.6 Å². The molecule has 5 rings (SSSR count). The van der Waals surface area contributed by atoms with Crippen LogP contribution in [0.25, 0.3) is 6.08 Å². The van der Waals surface area contributed by atoms with Crippen LogP contribution in [-0.4, -0.2) is 74.4 Å². The van der Waals surface area contributed by atoms with Gasteiger partial charge in [-0.25, -0.2) is 14.0 Å². The van der Waals surface area contributed by atoms with Gasteiger partial charge in [-0.05, 0) is 48.9 Å². The second-order valence-electron chi connectivity index (χ2n) is 9.27. The van der Waals surface area contributed by atoms with Crippen LogP contribution < -0.4 is 25.3 Å². The maximum Gasteiger partial charge on any atom is 0.414 e. The minimum absolute atomic E-state index is 0.108. The highest BCUT2D eigenvalue weighted by Crippen LogP contribution is 2.30. The van der Waals surface area contributed by atoms with Crippen molar-refractivity contribution in [2.45, 2.75) is 13.0 Å². The number of rotatable bonds is 7. The zero-order valence-electron chi connectivity index (χ0n) is 21.7. The molecule has 2 aromatic carbocycles. The van der Waals surface area contributed by atoms with E-state index < -0.39 is 24.1 Å². The normalized spacial score (nSPS) is 20.1. The average Bonchev–Trinajstić information content (AvgIpc) is 3.48. The molecule has 3 amide bonds. The second kappa shape index (κ2) is 12.1. The number of cyclic esters (lactones) is 1. The van der Waals surface area contributed by atoms with Crippen LogP contribution in [0, 0.1) is 5.82 Å². The molecule has 3 fully saturated rings. The first-order valence-corrected chi connectivity index (χ1v) is 14.1. The summed E-state index contributed by atoms with van der Waals surface area (Å²) in [5.74, 6) is -0.596. The van der Waals surface area contributed by atoms with Gasteiger partial charge in [-0.15, -0.1) is 0 Å². The zero-order chi connectivity index (χ0) is 28.2. The van der Waals surface area contributed by atoms with Gasteiger partial charge < -0.3 is 29.9 Å². The first kappa shape index (κ1) is 27.7. The highest BCUT2D eigenvalue weighted by atomic mass is 32.2. The van der Waals surface area contributed by atoms with Crippen LogP contribution in [0.4, 0.5) is 31.0 Å². The second-order valence-corrected chi connectivity index (χ2v) is 11.0. The Morgan fingerprint density at radius 3 is 2.50 bits per heavy atom. The Morgan fingerprint density at radius 2 is 1.85 bits per heavy atom. The molecule has 0 saturated carbocycles. The maximum absolute atomic E-state index is 15.2. The summed E-state index contributed by atoms with van der Waals surface area (Å²) in [7, 11) is 0. The van der Waals surface area contributed by atoms with Crippen molar-refractivity contribution in [2.24, 2.45) is 0 Å². The van der Waals surface area contributed by atoms with Gasteiger partial charge in [-0.2, -0.15) is 0 Å². The number of hydrogen-bond acceptors (Lipinski definition) is 9. The fourth-order valence-electron chi connectivity index (χ4n) is 4.70. The number of thioether (sulfide) groups is 1. The van der Waals surface area contributed by atoms with E-state index in [4.69, 9.17) is 21.7 Å². The maximum atomic E-state index is 15.2. The summed E-state index contributed by atoms with van der Waals surface area (Å²) < 4.78 is 25.8. The van der Waals surface area contributed by atoms with Gasteiger partial charge in [-0.3, -0.25) is 9.69 Å². The van der Waals surface area contributed by atoms with Crippen molar-refractivity contribution in [3.05, 3.63) is 58.8 Å². The van der Waals surface area contributed by atoms with E-state index in [0.29, 0.717) is 46.8 Å². The molecular formula is C27H28FN5O5S2. The lowest BCUT2D eigenvalue weighted by Gasteiger charge is -2.37. The first-order valence-electron chi connectivity index (χ1n) is 12.8. The summed E-state index contributed by atoms with van der Waals surface area (Å²) in [6, 6.07) is 12.7. The van der Waals surface area contributed by atoms with E-state index in [2.05, 4.69) is 15.5 Å². The average molecular weight is 586 g/mol. The summed E-state index contributed by atoms with van der Waals surface area (Å²) in [5.41, 5.74) is 2.84. The summed E-state index contributed by atoms with van der Waals surface area (Å²) in [5, 5.41) is 5.16. The minimum atomic E-state index is -0.590. The molecule has 0 unspecified atom stereocenters. The van der Waals surface area contributed by atoms with Gasteiger partial charge in [0.05, 0.1) is 36.0 Å². The molecule has 0 aliphatic carbocycles. The van der Waals surface area contributed by atoms with E-state index in [1.807, 2.05) is 35.2 Å². The molecule has 3 aliphatic rings. The van der Waals surface area contributed by atoms with Gasteiger partial charge in [0.1, 0.15) is 16.2 Å². The number of alkyl carbamates (subject to hydrolysis) is 1. The van der Waals surface area contributed by atoms with Gasteiger partial charge in [0.2, 0.25) is 0 Å². The molecule has 2 aromatic rings. The molecule has 0 spiro atoms. The Balaban J connectivity index is 1.15. The third-order valence-electron chi connectivity index (χ3n) is 6.68. The fourth-order valence-corrected chi connectivity index (χ4v) is 5.74. The topological polar surface area (TPSA) is 103 Å². The van der Waals surface area contributed by atoms with E-state index >= 15 is 4.39 Å². The number of anilines is 3. The van der Waals surface area contributed by atoms with E-state index in [0.717, 1.165) is 11.3 Å². The van der Waals surface area contributed by atoms with Crippen molar-refractivity contribution in [1.29, 1.82) is 0 Å². The van der Waals surface area contributed by atoms with Crippen LogP contribution in [0.3, 0.4) is 0 Å². The molecule has 0 aromatic heterocycles. The van der Waals surface area contributed by atoms with Gasteiger partial charge in [0, 0.05) is 31.9 Å². The molecule has 3 aliphatic heterocycles. The predicted octanol–water partition coefficient (Wildman–Crippen LogP) is 3.71. The largest absolute Gasteiger partial charge is 0.450 e. The lowest BCUT2D eigenvalue weighted by atomic mass is 10.1. The standard InChI is InChI=1S/C27H28FN5O5S2/c1-2-37-25(35)29-15-20-16-33(27(36)38-20)19-7-8-22(21(28)14-19)32-11-9-31(10-12-32)18-5-3-17(4-6-18)13-23-24(34)30-26(39)40-23/h3-8,13-14,20H,2,9-12,15-16H2,1H3,(H,29,35)(H,30,34,39)/b23-13+/t20-/m0/s1. The Hall–Kier alpha value is -3.84. The third kappa shape index (κ3) is 6.31. The van der Waals surface area contributed by atoms with Crippen molar-refractivity contribution in [3.63, 3.8) is 0 Å². The van der Waals surface area contributed by atoms with Gasteiger partial charge in [0.25, 0.3) is 5.91 Å². The molecule has 2 N–H and O–H groups in total. The Bertz CT molecular complexity index is 1350. The van der Waals surface area contributed by atoms with Crippen LogP contribution in [0.15, 0.2) is 47.4 Å². The first-order chi connectivity index (χ1) is 19.3. The van der Waals surface area contributed by atoms with Crippen LogP contribution in [0.5, 0.6) is 0 Å². The molecule has 0 radical (unpaired) electrons. The van der Waals surface area contributed by atoms with E-state index in [1.54, 1.807) is 19.1 Å². The quantitative estimate of drug-likeness (QED) is 0.372. The number of carbonyl (C=O) groups excluding carboxylic acids is 3. The molecule has 0 bridgehead atoms. The molecule has 3 heterocycles. The molecule has 3 saturated heterocycles. The van der Waals surface area contributed by atoms with Crippen LogP contribution in [-0.2, 0) is 14.3 Å². The number of benzene rings is 2. The monoisotopic (exact) mass is 585 g/mol. The van der Waals surface area contributed by atoms with Gasteiger partial charge in [-0.1, -0.05) is 36.1 Å². The Morgan fingerprint density at radius 1 is 1.15 bits per heavy atom. The van der Waals surface area contributed by atoms with Crippen LogP contribution >= 0.6 is 24.0 Å². The summed E-state index contributed by atoms with van der Waals surface area (Å²) >= 11 is 6.29. The number of piperazine rings is 1. The Labute approximate surface area is 240 Å². The summed E-state index contributed by atoms with van der Waals surface area (Å²) in [4.78, 5) is 41.9. The zero-order valence-corrected chi connectivity index (χ0v) is 23.4. The van der Waals surface area contributed by atoms with Crippen molar-refractivity contribution >= 4 is 69.5 Å². The van der Waals surface area contributed by atoms with Crippen molar-refractivity contribution in [3.8, 4) is 0 Å². The number of nitrogens with one attached hydrogen (secondary N) is 2. The number of amides is 3. The minimum Gasteiger partial charge on any atom is -0.450 e. The lowest BCUT2D eigenvalue weighted by molar-refractivity contribution is -0.115. The molecule has 210 valence electrons. The highest BCUT2D eigenvalue weighted by Gasteiger charge is 2.33. The fraction of sp³-hybridized carbons (Fsp3) is 0.333. The highest BCUT2D eigenvalue weighted by molar-refractivity contribution is 8.26. The number of ether oxygens (including phenoxy) is 2. The smallest absolute Gasteiger partial charge is 0.414 e. The number of carbonyl (C=O) groups is 3. The van der Waals surface area contributed by atoms with Crippen molar-refractivity contribution < 1.29 is 28.2 Å². The predicted molar refractivity (Wildman–Crippen MR) is 156 cm³/mol. The molecule has 13 heteroatoms. The van der Waals surface area contributed by atoms with Gasteiger partial charge in [0.15, 0.2) is 0 Å². The SMILES string of the molecule is CCOC(=O)NC[C@H]1CN(c2ccc(N3CCN(c4ccc(/C=C5/SC(=S)NC5=O)cc4)CC3)c(F)c2)C(=O)O1. The number of halogens is 1. The van der Waals surface area contributed by atoms with Crippen LogP contribution in [0.1, 0.15) is 12.5 Å². The molecule has 1 atom stereocenters. The number of hydrogen-bond donors (Lipinski definition) is 2. The van der Waals surface area contributed by atoms with E-state index in [9.17, 15) is 14.4 Å². The van der Waals surface area contributed by atoms with Crippen LogP contribution in [0.2, 0.25) is 0 Å². The summed E-state index contributed by atoms with van der Waals surface area (Å²) in [6.07, 6.45) is 0.0854. The lowest BCUT2D eigenvalue weighted by Crippen LogP contribution is -2.46. The van der Waals surface area contributed by atoms with Crippen molar-refractivity contribution in [2.75, 3.05) is 60.6 Å². The number of nitrogens with zero attached hydrogens (tertiary/aromatic N) is 3. The number of thiocarbonyl (C=S) groups is 1. The Kier molecular flexibility index (Phi) is 8.40. The summed E-state index contributed by atoms with van der Waals surface area (Å²) in [6.45, 7) is 4.92. The van der Waals surface area contributed by atoms with E-state index in [-0.39, 0.29) is 25.6 Å². The molecular weight excluding hydrogens is 557 g/mol. The van der Waals surface area contributed by atoms with E-state index in [1.165, 1.54) is 22.7 Å². The third-order valence-corrected chi connectivity index (χ3v) is 7.85. The van der Waals surface area contributed by atoms with Gasteiger partial charge >= 0.3 is 12.2 Å². The molecule has 10 nitrogen and oxygen atoms in total. The molecule has 40 heavy (non-hydrogen) atoms.